The summed E-state index contributed by atoms with van der Waals surface area (Å²) in [6.45, 7) is 5.09. The molecule has 0 spiro atoms. The maximum atomic E-state index is 4.90. The second-order valence-corrected chi connectivity index (χ2v) is 6.43. The molecule has 23 heavy (non-hydrogen) atoms. The van der Waals surface area contributed by atoms with Gasteiger partial charge in [-0.05, 0) is 38.4 Å². The van der Waals surface area contributed by atoms with Crippen LogP contribution in [0.2, 0.25) is 0 Å². The quantitative estimate of drug-likeness (QED) is 0.807. The molecule has 120 valence electrons. The zero-order valence-electron chi connectivity index (χ0n) is 13.7. The van der Waals surface area contributed by atoms with E-state index in [2.05, 4.69) is 32.1 Å². The highest BCUT2D eigenvalue weighted by Crippen LogP contribution is 2.28. The predicted octanol–water partition coefficient (Wildman–Crippen LogP) is 2.38. The van der Waals surface area contributed by atoms with Gasteiger partial charge in [0.05, 0.1) is 12.2 Å². The number of nitrogens with one attached hydrogen (secondary N) is 1. The van der Waals surface area contributed by atoms with Crippen LogP contribution in [0.1, 0.15) is 36.0 Å². The number of H-pyrrole nitrogens is 1. The summed E-state index contributed by atoms with van der Waals surface area (Å²) in [5, 5.41) is 5.62. The number of aryl methyl sites for hydroxylation is 2. The molecule has 1 N–H and O–H groups in total. The molecular weight excluding hydrogens is 288 g/mol. The summed E-state index contributed by atoms with van der Waals surface area (Å²) in [5.74, 6) is 1.52. The topological polar surface area (TPSA) is 62.6 Å². The molecule has 0 saturated carbocycles. The van der Waals surface area contributed by atoms with Crippen molar-refractivity contribution in [1.29, 1.82) is 0 Å². The highest BCUT2D eigenvalue weighted by Gasteiger charge is 2.23. The number of aromatic amines is 1. The third kappa shape index (κ3) is 2.74. The molecule has 1 aliphatic heterocycles. The second kappa shape index (κ2) is 5.77. The Hall–Kier alpha value is -2.21. The first-order valence-electron chi connectivity index (χ1n) is 8.21. The fourth-order valence-corrected chi connectivity index (χ4v) is 3.58. The van der Waals surface area contributed by atoms with Gasteiger partial charge in [0, 0.05) is 43.0 Å². The molecule has 1 saturated heterocycles. The number of nitrogens with zero attached hydrogens (tertiary/aromatic N) is 5. The van der Waals surface area contributed by atoms with E-state index in [4.69, 9.17) is 4.98 Å². The minimum atomic E-state index is 0.485. The maximum Gasteiger partial charge on any atom is 0.158 e. The Labute approximate surface area is 135 Å². The highest BCUT2D eigenvalue weighted by molar-refractivity contribution is 5.78. The van der Waals surface area contributed by atoms with E-state index < -0.39 is 0 Å². The van der Waals surface area contributed by atoms with E-state index in [0.717, 1.165) is 42.2 Å². The number of pyridine rings is 1. The number of hydrogen-bond donors (Lipinski definition) is 1. The van der Waals surface area contributed by atoms with Crippen molar-refractivity contribution in [3.8, 4) is 0 Å². The molecular formula is C17H22N6. The van der Waals surface area contributed by atoms with Gasteiger partial charge < -0.3 is 4.98 Å². The zero-order valence-corrected chi connectivity index (χ0v) is 13.7. The molecule has 3 aromatic rings. The minimum Gasteiger partial charge on any atom is -0.348 e. The molecule has 4 rings (SSSR count). The molecule has 1 atom stereocenters. The van der Waals surface area contributed by atoms with Gasteiger partial charge >= 0.3 is 0 Å². The lowest BCUT2D eigenvalue weighted by Gasteiger charge is -2.31. The van der Waals surface area contributed by atoms with E-state index in [0.29, 0.717) is 5.92 Å². The smallest absolute Gasteiger partial charge is 0.158 e. The number of rotatable bonds is 3. The molecule has 1 aliphatic rings. The van der Waals surface area contributed by atoms with Gasteiger partial charge in [-0.3, -0.25) is 9.58 Å². The molecule has 1 fully saturated rings. The van der Waals surface area contributed by atoms with Crippen LogP contribution in [0.15, 0.2) is 24.5 Å². The molecule has 0 radical (unpaired) electrons. The molecule has 6 heteroatoms. The molecule has 3 aromatic heterocycles. The Morgan fingerprint density at radius 2 is 2.26 bits per heavy atom. The van der Waals surface area contributed by atoms with Crippen molar-refractivity contribution in [3.63, 3.8) is 0 Å². The number of likely N-dealkylation sites (tertiary alicyclic amines) is 1. The molecule has 0 aliphatic carbocycles. The van der Waals surface area contributed by atoms with Crippen molar-refractivity contribution in [2.45, 2.75) is 32.2 Å². The largest absolute Gasteiger partial charge is 0.348 e. The van der Waals surface area contributed by atoms with Crippen molar-refractivity contribution in [3.05, 3.63) is 41.7 Å². The van der Waals surface area contributed by atoms with Crippen molar-refractivity contribution in [2.24, 2.45) is 7.05 Å². The Balaban J connectivity index is 1.56. The van der Waals surface area contributed by atoms with Crippen LogP contribution in [0.5, 0.6) is 0 Å². The van der Waals surface area contributed by atoms with Gasteiger partial charge in [0.2, 0.25) is 0 Å². The van der Waals surface area contributed by atoms with E-state index in [-0.39, 0.29) is 0 Å². The van der Waals surface area contributed by atoms with E-state index >= 15 is 0 Å². The van der Waals surface area contributed by atoms with Crippen LogP contribution in [0.3, 0.4) is 0 Å². The van der Waals surface area contributed by atoms with Crippen LogP contribution in [-0.2, 0) is 13.6 Å². The average Bonchev–Trinajstić information content (AvgIpc) is 3.16. The molecule has 6 nitrogen and oxygen atoms in total. The third-order valence-corrected chi connectivity index (χ3v) is 4.74. The summed E-state index contributed by atoms with van der Waals surface area (Å²) in [6, 6.07) is 4.35. The second-order valence-electron chi connectivity index (χ2n) is 6.43. The fraction of sp³-hybridized carbons (Fsp3) is 0.471. The number of aromatic nitrogens is 5. The highest BCUT2D eigenvalue weighted by atomic mass is 15.3. The van der Waals surface area contributed by atoms with Gasteiger partial charge in [-0.15, -0.1) is 0 Å². The van der Waals surface area contributed by atoms with Crippen LogP contribution in [0.25, 0.3) is 11.0 Å². The summed E-state index contributed by atoms with van der Waals surface area (Å²) in [7, 11) is 1.97. The monoisotopic (exact) mass is 310 g/mol. The number of piperidine rings is 1. The number of fused-ring (bicyclic) bond motifs is 1. The van der Waals surface area contributed by atoms with Gasteiger partial charge in [0.1, 0.15) is 5.82 Å². The fourth-order valence-electron chi connectivity index (χ4n) is 3.58. The molecule has 0 bridgehead atoms. The third-order valence-electron chi connectivity index (χ3n) is 4.74. The van der Waals surface area contributed by atoms with E-state index in [9.17, 15) is 0 Å². The molecule has 0 amide bonds. The molecule has 1 unspecified atom stereocenters. The van der Waals surface area contributed by atoms with Gasteiger partial charge in [-0.2, -0.15) is 5.10 Å². The summed E-state index contributed by atoms with van der Waals surface area (Å²) in [6.07, 6.45) is 6.10. The van der Waals surface area contributed by atoms with Crippen LogP contribution in [0, 0.1) is 6.92 Å². The lowest BCUT2D eigenvalue weighted by molar-refractivity contribution is 0.195. The lowest BCUT2D eigenvalue weighted by Crippen LogP contribution is -2.34. The van der Waals surface area contributed by atoms with Gasteiger partial charge in [-0.25, -0.2) is 9.97 Å². The van der Waals surface area contributed by atoms with E-state index in [1.807, 2.05) is 31.0 Å². The van der Waals surface area contributed by atoms with Crippen molar-refractivity contribution in [1.82, 2.24) is 29.6 Å². The molecule has 4 heterocycles. The predicted molar refractivity (Wildman–Crippen MR) is 89.1 cm³/mol. The first-order valence-corrected chi connectivity index (χ1v) is 8.21. The molecule has 0 aromatic carbocycles. The van der Waals surface area contributed by atoms with Crippen LogP contribution >= 0.6 is 0 Å². The first-order chi connectivity index (χ1) is 11.2. The minimum absolute atomic E-state index is 0.485. The summed E-state index contributed by atoms with van der Waals surface area (Å²) < 4.78 is 1.89. The first kappa shape index (κ1) is 14.4. The lowest BCUT2D eigenvalue weighted by atomic mass is 9.94. The van der Waals surface area contributed by atoms with E-state index in [1.54, 1.807) is 0 Å². The maximum absolute atomic E-state index is 4.90. The van der Waals surface area contributed by atoms with Crippen LogP contribution in [0.4, 0.5) is 0 Å². The summed E-state index contributed by atoms with van der Waals surface area (Å²) in [4.78, 5) is 14.9. The Bertz CT molecular complexity index is 804. The van der Waals surface area contributed by atoms with Crippen molar-refractivity contribution >= 4 is 11.0 Å². The van der Waals surface area contributed by atoms with Gasteiger partial charge in [-0.1, -0.05) is 0 Å². The Morgan fingerprint density at radius 1 is 1.35 bits per heavy atom. The van der Waals surface area contributed by atoms with Crippen molar-refractivity contribution < 1.29 is 0 Å². The zero-order chi connectivity index (χ0) is 15.8. The van der Waals surface area contributed by atoms with E-state index in [1.165, 1.54) is 18.5 Å². The summed E-state index contributed by atoms with van der Waals surface area (Å²) >= 11 is 0. The van der Waals surface area contributed by atoms with Crippen LogP contribution < -0.4 is 0 Å². The number of hydrogen-bond acceptors (Lipinski definition) is 4. The SMILES string of the molecule is Cc1nn(C)c2nc(C3CCCN(Cc4ncc[nH]4)C3)ccc12. The normalized spacial score (nSPS) is 19.5. The van der Waals surface area contributed by atoms with Gasteiger partial charge in [0.15, 0.2) is 5.65 Å². The standard InChI is InChI=1S/C17H22N6/c1-12-14-5-6-15(20-17(14)22(2)21-12)13-4-3-9-23(10-13)11-16-18-7-8-19-16/h5-8,13H,3-4,9-11H2,1-2H3,(H,18,19). The van der Waals surface area contributed by atoms with Gasteiger partial charge in [0.25, 0.3) is 0 Å². The summed E-state index contributed by atoms with van der Waals surface area (Å²) in [5.41, 5.74) is 3.22. The Morgan fingerprint density at radius 3 is 3.09 bits per heavy atom. The van der Waals surface area contributed by atoms with Crippen molar-refractivity contribution in [2.75, 3.05) is 13.1 Å². The average molecular weight is 310 g/mol. The number of imidazole rings is 1. The van der Waals surface area contributed by atoms with Crippen LogP contribution in [-0.4, -0.2) is 42.7 Å². The Kier molecular flexibility index (Phi) is 3.61.